The Kier molecular flexibility index (Phi) is 5.14. The third-order valence-corrected chi connectivity index (χ3v) is 2.94. The van der Waals surface area contributed by atoms with Crippen molar-refractivity contribution in [2.75, 3.05) is 13.7 Å². The first kappa shape index (κ1) is 15.0. The average Bonchev–Trinajstić information content (AvgIpc) is 2.37. The van der Waals surface area contributed by atoms with Crippen LogP contribution in [0.1, 0.15) is 32.4 Å². The molecule has 2 unspecified atom stereocenters. The summed E-state index contributed by atoms with van der Waals surface area (Å²) in [6, 6.07) is 7.17. The molecule has 0 bridgehead atoms. The van der Waals surface area contributed by atoms with Gasteiger partial charge >= 0.3 is 0 Å². The topological polar surface area (TPSA) is 61.7 Å². The molecule has 0 radical (unpaired) electrons. The van der Waals surface area contributed by atoms with Crippen LogP contribution in [0.5, 0.6) is 5.75 Å². The maximum Gasteiger partial charge on any atom is 0.118 e. The van der Waals surface area contributed by atoms with E-state index in [4.69, 9.17) is 4.74 Å². The molecule has 1 rings (SSSR count). The van der Waals surface area contributed by atoms with Gasteiger partial charge in [0, 0.05) is 11.6 Å². The first-order valence-corrected chi connectivity index (χ1v) is 6.10. The number of benzene rings is 1. The number of methoxy groups -OCH3 is 1. The number of nitrogens with one attached hydrogen (secondary N) is 1. The van der Waals surface area contributed by atoms with Crippen LogP contribution in [0.2, 0.25) is 0 Å². The first-order valence-electron chi connectivity index (χ1n) is 6.10. The number of ether oxygens (including phenoxy) is 1. The smallest absolute Gasteiger partial charge is 0.118 e. The maximum atomic E-state index is 10.2. The van der Waals surface area contributed by atoms with Crippen LogP contribution < -0.4 is 10.1 Å². The van der Waals surface area contributed by atoms with E-state index < -0.39 is 11.6 Å². The van der Waals surface area contributed by atoms with Crippen LogP contribution in [0, 0.1) is 0 Å². The van der Waals surface area contributed by atoms with Gasteiger partial charge in [-0.3, -0.25) is 0 Å². The van der Waals surface area contributed by atoms with Crippen LogP contribution in [0.25, 0.3) is 0 Å². The molecule has 0 aliphatic carbocycles. The number of hydrogen-bond donors (Lipinski definition) is 3. The zero-order chi connectivity index (χ0) is 13.8. The van der Waals surface area contributed by atoms with Gasteiger partial charge in [-0.2, -0.15) is 0 Å². The number of aliphatic hydroxyl groups is 2. The molecule has 0 saturated heterocycles. The van der Waals surface area contributed by atoms with E-state index in [9.17, 15) is 10.2 Å². The molecule has 0 fully saturated rings. The summed E-state index contributed by atoms with van der Waals surface area (Å²) >= 11 is 0. The number of aliphatic hydroxyl groups excluding tert-OH is 2. The summed E-state index contributed by atoms with van der Waals surface area (Å²) in [6.45, 7) is 5.70. The van der Waals surface area contributed by atoms with Crippen molar-refractivity contribution in [2.45, 2.75) is 38.5 Å². The van der Waals surface area contributed by atoms with Gasteiger partial charge in [-0.25, -0.2) is 0 Å². The normalized spacial score (nSPS) is 15.2. The molecule has 0 aliphatic heterocycles. The molecule has 18 heavy (non-hydrogen) atoms. The SMILES string of the molecule is COc1ccc(C(O)C(C)NC(C)(C)CO)cc1. The Morgan fingerprint density at radius 2 is 1.83 bits per heavy atom. The molecule has 1 aromatic rings. The second-order valence-electron chi connectivity index (χ2n) is 5.19. The van der Waals surface area contributed by atoms with Gasteiger partial charge < -0.3 is 20.3 Å². The van der Waals surface area contributed by atoms with Gasteiger partial charge in [0.25, 0.3) is 0 Å². The lowest BCUT2D eigenvalue weighted by Gasteiger charge is -2.31. The second kappa shape index (κ2) is 6.18. The van der Waals surface area contributed by atoms with Gasteiger partial charge in [0.05, 0.1) is 19.8 Å². The van der Waals surface area contributed by atoms with E-state index in [0.29, 0.717) is 0 Å². The van der Waals surface area contributed by atoms with E-state index in [-0.39, 0.29) is 12.6 Å². The molecular weight excluding hydrogens is 230 g/mol. The van der Waals surface area contributed by atoms with E-state index in [1.165, 1.54) is 0 Å². The summed E-state index contributed by atoms with van der Waals surface area (Å²) in [5.41, 5.74) is 0.414. The third-order valence-electron chi connectivity index (χ3n) is 2.94. The fraction of sp³-hybridized carbons (Fsp3) is 0.571. The highest BCUT2D eigenvalue weighted by atomic mass is 16.5. The molecule has 0 spiro atoms. The average molecular weight is 253 g/mol. The van der Waals surface area contributed by atoms with Gasteiger partial charge in [0.1, 0.15) is 5.75 Å². The summed E-state index contributed by atoms with van der Waals surface area (Å²) in [5.74, 6) is 0.766. The largest absolute Gasteiger partial charge is 0.497 e. The van der Waals surface area contributed by atoms with Crippen molar-refractivity contribution in [3.8, 4) is 5.75 Å². The molecule has 0 aliphatic rings. The number of rotatable bonds is 6. The fourth-order valence-corrected chi connectivity index (χ4v) is 1.83. The van der Waals surface area contributed by atoms with Crippen molar-refractivity contribution in [3.63, 3.8) is 0 Å². The highest BCUT2D eigenvalue weighted by Crippen LogP contribution is 2.21. The minimum Gasteiger partial charge on any atom is -0.497 e. The first-order chi connectivity index (χ1) is 8.39. The Hall–Kier alpha value is -1.10. The van der Waals surface area contributed by atoms with Crippen LogP contribution in [0.15, 0.2) is 24.3 Å². The fourth-order valence-electron chi connectivity index (χ4n) is 1.83. The predicted octanol–water partition coefficient (Wildman–Crippen LogP) is 1.48. The van der Waals surface area contributed by atoms with Crippen molar-refractivity contribution >= 4 is 0 Å². The lowest BCUT2D eigenvalue weighted by atomic mass is 9.99. The van der Waals surface area contributed by atoms with Gasteiger partial charge in [0.2, 0.25) is 0 Å². The van der Waals surface area contributed by atoms with Gasteiger partial charge in [0.15, 0.2) is 0 Å². The van der Waals surface area contributed by atoms with Crippen LogP contribution in [-0.4, -0.2) is 35.5 Å². The van der Waals surface area contributed by atoms with Crippen LogP contribution in [0.3, 0.4) is 0 Å². The predicted molar refractivity (Wildman–Crippen MR) is 71.7 cm³/mol. The quantitative estimate of drug-likeness (QED) is 0.718. The van der Waals surface area contributed by atoms with Gasteiger partial charge in [-0.05, 0) is 38.5 Å². The highest BCUT2D eigenvalue weighted by molar-refractivity contribution is 5.29. The summed E-state index contributed by atoms with van der Waals surface area (Å²) in [6.07, 6.45) is -0.623. The second-order valence-corrected chi connectivity index (χ2v) is 5.19. The van der Waals surface area contributed by atoms with Crippen LogP contribution >= 0.6 is 0 Å². The van der Waals surface area contributed by atoms with E-state index in [1.807, 2.05) is 45.0 Å². The molecule has 102 valence electrons. The standard InChI is InChI=1S/C14H23NO3/c1-10(15-14(2,3)9-16)13(17)11-5-7-12(18-4)8-6-11/h5-8,10,13,15-17H,9H2,1-4H3. The molecule has 0 saturated carbocycles. The molecular formula is C14H23NO3. The highest BCUT2D eigenvalue weighted by Gasteiger charge is 2.24. The monoisotopic (exact) mass is 253 g/mol. The molecule has 2 atom stereocenters. The zero-order valence-corrected chi connectivity index (χ0v) is 11.5. The molecule has 3 N–H and O–H groups in total. The lowest BCUT2D eigenvalue weighted by Crippen LogP contribution is -2.49. The summed E-state index contributed by atoms with van der Waals surface area (Å²) < 4.78 is 5.08. The lowest BCUT2D eigenvalue weighted by molar-refractivity contribution is 0.0991. The zero-order valence-electron chi connectivity index (χ0n) is 11.5. The van der Waals surface area contributed by atoms with Crippen molar-refractivity contribution in [2.24, 2.45) is 0 Å². The molecule has 0 amide bonds. The van der Waals surface area contributed by atoms with Crippen molar-refractivity contribution in [1.29, 1.82) is 0 Å². The molecule has 0 heterocycles. The van der Waals surface area contributed by atoms with E-state index in [1.54, 1.807) is 7.11 Å². The summed E-state index contributed by atoms with van der Waals surface area (Å²) in [7, 11) is 1.61. The third kappa shape index (κ3) is 3.98. The van der Waals surface area contributed by atoms with Crippen molar-refractivity contribution in [1.82, 2.24) is 5.32 Å². The Morgan fingerprint density at radius 3 is 2.28 bits per heavy atom. The summed E-state index contributed by atoms with van der Waals surface area (Å²) in [4.78, 5) is 0. The summed E-state index contributed by atoms with van der Waals surface area (Å²) in [5, 5.41) is 22.6. The maximum absolute atomic E-state index is 10.2. The van der Waals surface area contributed by atoms with Gasteiger partial charge in [-0.1, -0.05) is 12.1 Å². The molecule has 4 nitrogen and oxygen atoms in total. The Bertz CT molecular complexity index is 362. The van der Waals surface area contributed by atoms with Crippen LogP contribution in [0.4, 0.5) is 0 Å². The molecule has 1 aromatic carbocycles. The van der Waals surface area contributed by atoms with Crippen molar-refractivity contribution in [3.05, 3.63) is 29.8 Å². The van der Waals surface area contributed by atoms with Crippen molar-refractivity contribution < 1.29 is 14.9 Å². The Balaban J connectivity index is 2.70. The molecule has 4 heteroatoms. The van der Waals surface area contributed by atoms with Crippen LogP contribution in [-0.2, 0) is 0 Å². The Labute approximate surface area is 109 Å². The van der Waals surface area contributed by atoms with E-state index >= 15 is 0 Å². The minimum atomic E-state index is -0.623. The minimum absolute atomic E-state index is 0.0205. The Morgan fingerprint density at radius 1 is 1.28 bits per heavy atom. The van der Waals surface area contributed by atoms with Gasteiger partial charge in [-0.15, -0.1) is 0 Å². The van der Waals surface area contributed by atoms with E-state index in [0.717, 1.165) is 11.3 Å². The molecule has 0 aromatic heterocycles. The number of hydrogen-bond acceptors (Lipinski definition) is 4. The van der Waals surface area contributed by atoms with E-state index in [2.05, 4.69) is 5.32 Å².